The topological polar surface area (TPSA) is 69.2 Å². The average Bonchev–Trinajstić information content (AvgIpc) is 2.59. The second kappa shape index (κ2) is 8.25. The molecule has 3 heterocycles. The fraction of sp³-hybridized carbons (Fsp3) is 0.526. The molecule has 0 saturated carbocycles. The Morgan fingerprint density at radius 1 is 1.24 bits per heavy atom. The van der Waals surface area contributed by atoms with Crippen LogP contribution in [-0.2, 0) is 24.3 Å². The van der Waals surface area contributed by atoms with Gasteiger partial charge in [-0.3, -0.25) is 0 Å². The van der Waals surface area contributed by atoms with Crippen molar-refractivity contribution in [2.45, 2.75) is 52.9 Å². The van der Waals surface area contributed by atoms with E-state index in [1.807, 2.05) is 12.1 Å². The summed E-state index contributed by atoms with van der Waals surface area (Å²) in [7, 11) is 0. The van der Waals surface area contributed by atoms with Crippen LogP contribution in [0.5, 0.6) is 5.88 Å². The van der Waals surface area contributed by atoms with Gasteiger partial charge in [0.2, 0.25) is 5.88 Å². The maximum absolute atomic E-state index is 5.92. The molecule has 0 aliphatic carbocycles. The molecule has 1 atom stereocenters. The molecule has 134 valence electrons. The molecule has 6 heteroatoms. The number of fused-ring (bicyclic) bond motifs is 1. The summed E-state index contributed by atoms with van der Waals surface area (Å²) in [5.74, 6) is 2.11. The van der Waals surface area contributed by atoms with Crippen LogP contribution in [0.15, 0.2) is 24.7 Å². The number of rotatable bonds is 7. The standard InChI is InChI=1S/C19H26N4O2/c1-13(2)8-14(3)25-18-9-15(4-6-20-18)10-21-19-16-11-24-7-5-17(16)22-12-23-19/h4,6,9,12-14H,5,7-8,10-11H2,1-3H3,(H,21,22,23). The van der Waals surface area contributed by atoms with Crippen molar-refractivity contribution in [3.63, 3.8) is 0 Å². The highest BCUT2D eigenvalue weighted by atomic mass is 16.5. The van der Waals surface area contributed by atoms with Crippen molar-refractivity contribution < 1.29 is 9.47 Å². The number of hydrogen-bond donors (Lipinski definition) is 1. The number of nitrogens with zero attached hydrogens (tertiary/aromatic N) is 3. The van der Waals surface area contributed by atoms with Crippen LogP contribution in [0.1, 0.15) is 44.0 Å². The third-order valence-electron chi connectivity index (χ3n) is 4.15. The van der Waals surface area contributed by atoms with Gasteiger partial charge in [-0.1, -0.05) is 13.8 Å². The van der Waals surface area contributed by atoms with Crippen molar-refractivity contribution in [3.8, 4) is 5.88 Å². The summed E-state index contributed by atoms with van der Waals surface area (Å²) in [4.78, 5) is 13.0. The summed E-state index contributed by atoms with van der Waals surface area (Å²) in [6, 6.07) is 3.96. The number of aromatic nitrogens is 3. The minimum absolute atomic E-state index is 0.154. The Morgan fingerprint density at radius 2 is 2.12 bits per heavy atom. The average molecular weight is 342 g/mol. The van der Waals surface area contributed by atoms with E-state index in [0.29, 0.717) is 24.9 Å². The minimum atomic E-state index is 0.154. The van der Waals surface area contributed by atoms with Gasteiger partial charge in [-0.25, -0.2) is 15.0 Å². The molecule has 0 spiro atoms. The van der Waals surface area contributed by atoms with E-state index in [2.05, 4.69) is 41.0 Å². The summed E-state index contributed by atoms with van der Waals surface area (Å²) in [5, 5.41) is 3.39. The van der Waals surface area contributed by atoms with Crippen molar-refractivity contribution >= 4 is 5.82 Å². The summed E-state index contributed by atoms with van der Waals surface area (Å²) < 4.78 is 11.5. The zero-order valence-electron chi connectivity index (χ0n) is 15.2. The van der Waals surface area contributed by atoms with Gasteiger partial charge in [0, 0.05) is 30.8 Å². The van der Waals surface area contributed by atoms with Gasteiger partial charge >= 0.3 is 0 Å². The molecular formula is C19H26N4O2. The van der Waals surface area contributed by atoms with Gasteiger partial charge in [0.25, 0.3) is 0 Å². The molecule has 25 heavy (non-hydrogen) atoms. The molecule has 0 saturated heterocycles. The van der Waals surface area contributed by atoms with E-state index < -0.39 is 0 Å². The molecule has 1 aliphatic heterocycles. The van der Waals surface area contributed by atoms with E-state index in [1.165, 1.54) is 0 Å². The number of nitrogens with one attached hydrogen (secondary N) is 1. The van der Waals surface area contributed by atoms with E-state index in [-0.39, 0.29) is 6.10 Å². The van der Waals surface area contributed by atoms with Crippen LogP contribution in [0.3, 0.4) is 0 Å². The Balaban J connectivity index is 1.63. The lowest BCUT2D eigenvalue weighted by Crippen LogP contribution is -2.16. The molecule has 0 fully saturated rings. The molecule has 2 aromatic rings. The van der Waals surface area contributed by atoms with Crippen molar-refractivity contribution in [3.05, 3.63) is 41.5 Å². The lowest BCUT2D eigenvalue weighted by atomic mass is 10.1. The second-order valence-corrected chi connectivity index (χ2v) is 6.86. The SMILES string of the molecule is CC(C)CC(C)Oc1cc(CNc2ncnc3c2COCC3)ccn1. The van der Waals surface area contributed by atoms with Crippen LogP contribution in [0.2, 0.25) is 0 Å². The normalized spacial score (nSPS) is 14.9. The zero-order valence-corrected chi connectivity index (χ0v) is 15.2. The Bertz CT molecular complexity index is 706. The van der Waals surface area contributed by atoms with Gasteiger partial charge < -0.3 is 14.8 Å². The Kier molecular flexibility index (Phi) is 5.81. The predicted octanol–water partition coefficient (Wildman–Crippen LogP) is 3.37. The molecule has 1 unspecified atom stereocenters. The third kappa shape index (κ3) is 4.89. The van der Waals surface area contributed by atoms with Crippen molar-refractivity contribution in [1.29, 1.82) is 0 Å². The fourth-order valence-corrected chi connectivity index (χ4v) is 3.04. The van der Waals surface area contributed by atoms with Crippen LogP contribution < -0.4 is 10.1 Å². The van der Waals surface area contributed by atoms with Gasteiger partial charge in [0.15, 0.2) is 0 Å². The van der Waals surface area contributed by atoms with Gasteiger partial charge in [-0.05, 0) is 30.9 Å². The quantitative estimate of drug-likeness (QED) is 0.832. The zero-order chi connectivity index (χ0) is 17.6. The van der Waals surface area contributed by atoms with Gasteiger partial charge in [0.1, 0.15) is 12.1 Å². The van der Waals surface area contributed by atoms with Gasteiger partial charge in [-0.2, -0.15) is 0 Å². The number of pyridine rings is 1. The molecule has 1 aliphatic rings. The molecule has 1 N–H and O–H groups in total. The highest BCUT2D eigenvalue weighted by Crippen LogP contribution is 2.22. The van der Waals surface area contributed by atoms with Crippen LogP contribution >= 0.6 is 0 Å². The fourth-order valence-electron chi connectivity index (χ4n) is 3.04. The first-order chi connectivity index (χ1) is 12.1. The Morgan fingerprint density at radius 3 is 2.96 bits per heavy atom. The number of hydrogen-bond acceptors (Lipinski definition) is 6. The predicted molar refractivity (Wildman–Crippen MR) is 96.5 cm³/mol. The van der Waals surface area contributed by atoms with Crippen LogP contribution in [0, 0.1) is 5.92 Å². The van der Waals surface area contributed by atoms with Crippen LogP contribution in [0.4, 0.5) is 5.82 Å². The molecule has 2 aromatic heterocycles. The van der Waals surface area contributed by atoms with Gasteiger partial charge in [0.05, 0.1) is 25.0 Å². The van der Waals surface area contributed by atoms with Crippen molar-refractivity contribution in [2.75, 3.05) is 11.9 Å². The van der Waals surface area contributed by atoms with Crippen molar-refractivity contribution in [1.82, 2.24) is 15.0 Å². The Labute approximate surface area is 149 Å². The molecule has 3 rings (SSSR count). The molecule has 0 aromatic carbocycles. The van der Waals surface area contributed by atoms with Crippen molar-refractivity contribution in [2.24, 2.45) is 5.92 Å². The highest BCUT2D eigenvalue weighted by molar-refractivity contribution is 5.46. The summed E-state index contributed by atoms with van der Waals surface area (Å²) >= 11 is 0. The van der Waals surface area contributed by atoms with E-state index in [1.54, 1.807) is 12.5 Å². The van der Waals surface area contributed by atoms with E-state index in [0.717, 1.165) is 42.1 Å². The summed E-state index contributed by atoms with van der Waals surface area (Å²) in [6.45, 7) is 8.42. The summed E-state index contributed by atoms with van der Waals surface area (Å²) in [6.07, 6.45) is 5.40. The first-order valence-corrected chi connectivity index (χ1v) is 8.87. The largest absolute Gasteiger partial charge is 0.475 e. The first kappa shape index (κ1) is 17.6. The maximum atomic E-state index is 5.92. The van der Waals surface area contributed by atoms with Gasteiger partial charge in [-0.15, -0.1) is 0 Å². The molecular weight excluding hydrogens is 316 g/mol. The minimum Gasteiger partial charge on any atom is -0.475 e. The lowest BCUT2D eigenvalue weighted by Gasteiger charge is -2.19. The summed E-state index contributed by atoms with van der Waals surface area (Å²) in [5.41, 5.74) is 3.24. The smallest absolute Gasteiger partial charge is 0.213 e. The van der Waals surface area contributed by atoms with E-state index in [9.17, 15) is 0 Å². The third-order valence-corrected chi connectivity index (χ3v) is 4.15. The number of anilines is 1. The van der Waals surface area contributed by atoms with Crippen LogP contribution in [0.25, 0.3) is 0 Å². The van der Waals surface area contributed by atoms with E-state index in [4.69, 9.17) is 9.47 Å². The highest BCUT2D eigenvalue weighted by Gasteiger charge is 2.15. The lowest BCUT2D eigenvalue weighted by molar-refractivity contribution is 0.109. The Hall–Kier alpha value is -2.21. The number of ether oxygens (including phenoxy) is 2. The second-order valence-electron chi connectivity index (χ2n) is 6.86. The maximum Gasteiger partial charge on any atom is 0.213 e. The molecule has 6 nitrogen and oxygen atoms in total. The molecule has 0 radical (unpaired) electrons. The monoisotopic (exact) mass is 342 g/mol. The van der Waals surface area contributed by atoms with Crippen LogP contribution in [-0.4, -0.2) is 27.7 Å². The molecule has 0 amide bonds. The molecule has 0 bridgehead atoms. The van der Waals surface area contributed by atoms with E-state index >= 15 is 0 Å². The first-order valence-electron chi connectivity index (χ1n) is 8.87.